The molecular formula is C50H71ClN10O12. The van der Waals surface area contributed by atoms with Gasteiger partial charge in [0.15, 0.2) is 0 Å². The first-order valence-corrected chi connectivity index (χ1v) is 24.9. The van der Waals surface area contributed by atoms with Crippen LogP contribution < -0.4 is 20.9 Å². The fourth-order valence-corrected chi connectivity index (χ4v) is 9.54. The number of halogens is 1. The molecule has 4 N–H and O–H groups in total. The molecular weight excluding hydrogens is 968 g/mol. The van der Waals surface area contributed by atoms with Gasteiger partial charge in [-0.15, -0.1) is 0 Å². The van der Waals surface area contributed by atoms with Crippen LogP contribution in [0.2, 0.25) is 5.28 Å². The van der Waals surface area contributed by atoms with Gasteiger partial charge in [-0.3, -0.25) is 43.7 Å². The number of carboxylic acid groups (broad SMARTS) is 1. The first-order chi connectivity index (χ1) is 34.4. The van der Waals surface area contributed by atoms with E-state index in [4.69, 9.17) is 21.1 Å². The maximum Gasteiger partial charge on any atom is 0.326 e. The second-order valence-corrected chi connectivity index (χ2v) is 19.6. The summed E-state index contributed by atoms with van der Waals surface area (Å²) in [5.41, 5.74) is 0.745. The number of methoxy groups -OCH3 is 2. The topological polar surface area (TPSA) is 280 Å². The van der Waals surface area contributed by atoms with E-state index in [0.717, 1.165) is 17.7 Å². The highest BCUT2D eigenvalue weighted by atomic mass is 35.5. The van der Waals surface area contributed by atoms with Crippen LogP contribution in [0.25, 0.3) is 0 Å². The fraction of sp³-hybridized carbons (Fsp3) is 0.600. The number of aliphatic carboxylic acids is 1. The molecule has 4 rings (SSSR count). The van der Waals surface area contributed by atoms with E-state index in [-0.39, 0.29) is 43.5 Å². The predicted octanol–water partition coefficient (Wildman–Crippen LogP) is 3.03. The number of amides is 8. The van der Waals surface area contributed by atoms with E-state index >= 15 is 0 Å². The third-order valence-corrected chi connectivity index (χ3v) is 13.7. The van der Waals surface area contributed by atoms with Crippen molar-refractivity contribution in [2.75, 3.05) is 45.1 Å². The quantitative estimate of drug-likeness (QED) is 0.0986. The summed E-state index contributed by atoms with van der Waals surface area (Å²) in [6, 6.07) is 4.49. The van der Waals surface area contributed by atoms with Gasteiger partial charge in [-0.2, -0.15) is 15.0 Å². The minimum absolute atomic E-state index is 0.0828. The van der Waals surface area contributed by atoms with Gasteiger partial charge in [0.25, 0.3) is 11.8 Å². The van der Waals surface area contributed by atoms with Crippen molar-refractivity contribution in [2.24, 2.45) is 23.7 Å². The third kappa shape index (κ3) is 15.3. The van der Waals surface area contributed by atoms with E-state index in [1.54, 1.807) is 70.8 Å². The number of aromatic nitrogens is 3. The molecule has 0 spiro atoms. The molecule has 3 heterocycles. The molecule has 400 valence electrons. The number of benzene rings is 1. The SMILES string of the molecule is CCC(C)[C@@H]([C@@H](CC(=O)N1CCC[C@H]1[C@H](OC)[C@@H](C)C(=O)N[C@@H](Cc1ccccc1)C(=O)O)OC)N(C)C(=O)[C@@H](NC(=O)[C@H](C(C)C)N(C)C(=O)CCC(=O)Nc1nc(Cl)nc(N2C(=O)C=CC2=O)n1)C(C)C. The maximum absolute atomic E-state index is 14.6. The molecule has 1 fully saturated rings. The van der Waals surface area contributed by atoms with E-state index in [0.29, 0.717) is 30.7 Å². The van der Waals surface area contributed by atoms with Crippen LogP contribution in [-0.4, -0.2) is 165 Å². The molecule has 1 unspecified atom stereocenters. The van der Waals surface area contributed by atoms with Gasteiger partial charge >= 0.3 is 5.97 Å². The average Bonchev–Trinajstić information content (AvgIpc) is 3.97. The summed E-state index contributed by atoms with van der Waals surface area (Å²) < 4.78 is 11.9. The number of imide groups is 1. The highest BCUT2D eigenvalue weighted by Gasteiger charge is 2.44. The minimum atomic E-state index is -1.18. The lowest BCUT2D eigenvalue weighted by atomic mass is 9.89. The molecule has 1 saturated heterocycles. The van der Waals surface area contributed by atoms with Crippen molar-refractivity contribution >= 4 is 76.7 Å². The van der Waals surface area contributed by atoms with E-state index in [9.17, 15) is 48.3 Å². The van der Waals surface area contributed by atoms with Gasteiger partial charge in [0, 0.05) is 66.3 Å². The van der Waals surface area contributed by atoms with Crippen molar-refractivity contribution in [3.63, 3.8) is 0 Å². The van der Waals surface area contributed by atoms with E-state index in [2.05, 4.69) is 30.9 Å². The smallest absolute Gasteiger partial charge is 0.326 e. The number of likely N-dealkylation sites (N-methyl/N-ethyl adjacent to an activating group) is 2. The molecule has 22 nitrogen and oxygen atoms in total. The lowest BCUT2D eigenvalue weighted by molar-refractivity contribution is -0.149. The van der Waals surface area contributed by atoms with Crippen LogP contribution in [0, 0.1) is 23.7 Å². The number of carbonyl (C=O) groups is 9. The first kappa shape index (κ1) is 59.2. The Balaban J connectivity index is 1.43. The number of nitrogens with one attached hydrogen (secondary N) is 3. The Morgan fingerprint density at radius 3 is 2.05 bits per heavy atom. The standard InChI is InChI=1S/C50H71ClN10O12/c1-12-29(6)42(34(72-10)26-39(66)60-24-16-19-33(60)43(73-11)30(7)44(67)52-32(47(70)71)25-31-17-14-13-15-18-31)59(9)46(69)40(27(2)3)54-45(68)41(28(4)5)58(8)36(63)21-20-35(62)53-49-55-48(51)56-50(57-49)61-37(64)22-23-38(61)65/h13-15,17-18,22-23,27-30,32-34,40-43H,12,16,19-21,24-26H2,1-11H3,(H,52,67)(H,54,68)(H,70,71)(H,53,55,56,57,62)/t29?,30-,32+,33+,34-,40+,41+,42+,43-/m1/s1. The number of anilines is 2. The zero-order valence-electron chi connectivity index (χ0n) is 43.5. The summed E-state index contributed by atoms with van der Waals surface area (Å²) in [6.07, 6.45) is 1.48. The molecule has 0 saturated carbocycles. The van der Waals surface area contributed by atoms with Gasteiger partial charge in [0.2, 0.25) is 52.6 Å². The number of rotatable bonds is 26. The van der Waals surface area contributed by atoms with Gasteiger partial charge < -0.3 is 39.9 Å². The number of hydrogen-bond donors (Lipinski definition) is 4. The van der Waals surface area contributed by atoms with Crippen molar-refractivity contribution in [2.45, 2.75) is 136 Å². The first-order valence-electron chi connectivity index (χ1n) is 24.5. The Labute approximate surface area is 431 Å². The minimum Gasteiger partial charge on any atom is -0.480 e. The van der Waals surface area contributed by atoms with Gasteiger partial charge in [-0.25, -0.2) is 9.69 Å². The molecule has 23 heteroatoms. The normalized spacial score (nSPS) is 17.9. The van der Waals surface area contributed by atoms with Crippen LogP contribution in [0.4, 0.5) is 11.9 Å². The van der Waals surface area contributed by atoms with Gasteiger partial charge in [-0.05, 0) is 47.8 Å². The van der Waals surface area contributed by atoms with Crippen LogP contribution in [0.1, 0.15) is 92.6 Å². The van der Waals surface area contributed by atoms with Crippen molar-refractivity contribution < 1.29 is 57.7 Å². The summed E-state index contributed by atoms with van der Waals surface area (Å²) in [5.74, 6) is -8.39. The van der Waals surface area contributed by atoms with Crippen molar-refractivity contribution in [3.05, 3.63) is 53.3 Å². The third-order valence-electron chi connectivity index (χ3n) is 13.5. The number of likely N-dealkylation sites (tertiary alicyclic amines) is 1. The van der Waals surface area contributed by atoms with Crippen molar-refractivity contribution in [1.29, 1.82) is 0 Å². The molecule has 73 heavy (non-hydrogen) atoms. The summed E-state index contributed by atoms with van der Waals surface area (Å²) in [4.78, 5) is 136. The van der Waals surface area contributed by atoms with E-state index in [1.165, 1.54) is 31.1 Å². The molecule has 2 aliphatic heterocycles. The zero-order chi connectivity index (χ0) is 54.4. The molecule has 0 bridgehead atoms. The molecule has 8 amide bonds. The zero-order valence-corrected chi connectivity index (χ0v) is 44.3. The van der Waals surface area contributed by atoms with E-state index < -0.39 is 119 Å². The predicted molar refractivity (Wildman–Crippen MR) is 268 cm³/mol. The maximum atomic E-state index is 14.6. The summed E-state index contributed by atoms with van der Waals surface area (Å²) in [7, 11) is 5.95. The van der Waals surface area contributed by atoms with Gasteiger partial charge in [0.1, 0.15) is 18.1 Å². The molecule has 9 atom stereocenters. The highest BCUT2D eigenvalue weighted by molar-refractivity contribution is 6.29. The number of nitrogens with zero attached hydrogens (tertiary/aromatic N) is 7. The lowest BCUT2D eigenvalue weighted by Gasteiger charge is -2.41. The fourth-order valence-electron chi connectivity index (χ4n) is 9.39. The van der Waals surface area contributed by atoms with Crippen molar-refractivity contribution in [1.82, 2.24) is 40.3 Å². The van der Waals surface area contributed by atoms with E-state index in [1.807, 2.05) is 19.9 Å². The Kier molecular flexibility index (Phi) is 21.9. The Hall–Kier alpha value is -6.39. The van der Waals surface area contributed by atoms with Gasteiger partial charge in [0.05, 0.1) is 36.6 Å². The summed E-state index contributed by atoms with van der Waals surface area (Å²) in [5, 5.41) is 17.5. The molecule has 1 aromatic heterocycles. The Bertz CT molecular complexity index is 2340. The second-order valence-electron chi connectivity index (χ2n) is 19.2. The molecule has 0 aliphatic carbocycles. The largest absolute Gasteiger partial charge is 0.480 e. The summed E-state index contributed by atoms with van der Waals surface area (Å²) >= 11 is 5.97. The summed E-state index contributed by atoms with van der Waals surface area (Å²) in [6.45, 7) is 13.0. The van der Waals surface area contributed by atoms with Crippen LogP contribution >= 0.6 is 11.6 Å². The highest BCUT2D eigenvalue weighted by Crippen LogP contribution is 2.30. The number of carbonyl (C=O) groups excluding carboxylic acids is 8. The Morgan fingerprint density at radius 2 is 1.49 bits per heavy atom. The van der Waals surface area contributed by atoms with Crippen molar-refractivity contribution in [3.8, 4) is 0 Å². The molecule has 2 aromatic rings. The second kappa shape index (κ2) is 27.1. The molecule has 0 radical (unpaired) electrons. The van der Waals surface area contributed by atoms with Crippen LogP contribution in [0.5, 0.6) is 0 Å². The number of carboxylic acids is 1. The molecule has 2 aliphatic rings. The average molecular weight is 1040 g/mol. The lowest BCUT2D eigenvalue weighted by Crippen LogP contribution is -2.60. The number of hydrogen-bond acceptors (Lipinski definition) is 14. The monoisotopic (exact) mass is 1040 g/mol. The Morgan fingerprint density at radius 1 is 0.849 bits per heavy atom. The van der Waals surface area contributed by atoms with Gasteiger partial charge in [-0.1, -0.05) is 85.2 Å². The van der Waals surface area contributed by atoms with Crippen LogP contribution in [-0.2, 0) is 59.0 Å². The van der Waals surface area contributed by atoms with Crippen LogP contribution in [0.3, 0.4) is 0 Å². The molecule has 1 aromatic carbocycles. The number of ether oxygens (including phenoxy) is 2. The van der Waals surface area contributed by atoms with Crippen LogP contribution in [0.15, 0.2) is 42.5 Å².